The van der Waals surface area contributed by atoms with E-state index in [2.05, 4.69) is 37.4 Å². The fourth-order valence-electron chi connectivity index (χ4n) is 2.17. The summed E-state index contributed by atoms with van der Waals surface area (Å²) < 4.78 is 5.79. The number of hydrogen-bond acceptors (Lipinski definition) is 1. The molecule has 0 radical (unpaired) electrons. The van der Waals surface area contributed by atoms with Crippen LogP contribution in [0.5, 0.6) is 0 Å². The SMILES string of the molecule is C=CC1=C(C)OC(C=C)=c2c1ccc/c2=C/C. The maximum Gasteiger partial charge on any atom is 0.134 e. The second-order valence-corrected chi connectivity index (χ2v) is 3.90. The van der Waals surface area contributed by atoms with Gasteiger partial charge in [0.25, 0.3) is 0 Å². The molecule has 0 spiro atoms. The molecule has 0 aliphatic carbocycles. The summed E-state index contributed by atoms with van der Waals surface area (Å²) in [6.45, 7) is 11.6. The molecule has 1 nitrogen and oxygen atoms in total. The highest BCUT2D eigenvalue weighted by molar-refractivity contribution is 5.80. The van der Waals surface area contributed by atoms with Crippen LogP contribution in [0.25, 0.3) is 17.4 Å². The molecule has 0 amide bonds. The Bertz CT molecular complexity index is 630. The summed E-state index contributed by atoms with van der Waals surface area (Å²) in [5.74, 6) is 1.69. The molecule has 86 valence electrons. The normalized spacial score (nSPS) is 15.4. The first-order chi connectivity index (χ1) is 8.22. The molecule has 1 heteroatoms. The highest BCUT2D eigenvalue weighted by Gasteiger charge is 2.14. The number of allylic oxidation sites excluding steroid dienone is 3. The lowest BCUT2D eigenvalue weighted by molar-refractivity contribution is 0.384. The summed E-state index contributed by atoms with van der Waals surface area (Å²) >= 11 is 0. The van der Waals surface area contributed by atoms with E-state index in [4.69, 9.17) is 4.74 Å². The van der Waals surface area contributed by atoms with E-state index in [0.717, 1.165) is 33.1 Å². The van der Waals surface area contributed by atoms with E-state index in [0.29, 0.717) is 0 Å². The van der Waals surface area contributed by atoms with Gasteiger partial charge in [-0.15, -0.1) is 0 Å². The van der Waals surface area contributed by atoms with Gasteiger partial charge in [-0.3, -0.25) is 0 Å². The number of benzene rings is 1. The van der Waals surface area contributed by atoms with Gasteiger partial charge in [0.15, 0.2) is 0 Å². The van der Waals surface area contributed by atoms with Crippen molar-refractivity contribution in [1.29, 1.82) is 0 Å². The molecule has 0 unspecified atom stereocenters. The maximum absolute atomic E-state index is 5.79. The van der Waals surface area contributed by atoms with Gasteiger partial charge in [0.1, 0.15) is 11.5 Å². The molecule has 1 aliphatic heterocycles. The lowest BCUT2D eigenvalue weighted by Crippen LogP contribution is -2.32. The van der Waals surface area contributed by atoms with Gasteiger partial charge in [0, 0.05) is 10.8 Å². The van der Waals surface area contributed by atoms with E-state index in [1.807, 2.05) is 19.9 Å². The number of hydrogen-bond donors (Lipinski definition) is 0. The van der Waals surface area contributed by atoms with Crippen molar-refractivity contribution < 1.29 is 4.74 Å². The zero-order valence-electron chi connectivity index (χ0n) is 10.3. The Balaban J connectivity index is 2.99. The molecule has 1 heterocycles. The van der Waals surface area contributed by atoms with Gasteiger partial charge in [-0.25, -0.2) is 0 Å². The van der Waals surface area contributed by atoms with Crippen molar-refractivity contribution in [3.05, 3.63) is 65.3 Å². The number of fused-ring (bicyclic) bond motifs is 1. The molecule has 1 aliphatic rings. The first-order valence-corrected chi connectivity index (χ1v) is 5.66. The number of rotatable bonds is 2. The molecule has 1 aromatic rings. The van der Waals surface area contributed by atoms with Gasteiger partial charge in [-0.05, 0) is 30.7 Å². The largest absolute Gasteiger partial charge is 0.461 e. The second-order valence-electron chi connectivity index (χ2n) is 3.90. The van der Waals surface area contributed by atoms with Gasteiger partial charge < -0.3 is 4.74 Å². The van der Waals surface area contributed by atoms with Crippen LogP contribution in [0.1, 0.15) is 19.4 Å². The third-order valence-electron chi connectivity index (χ3n) is 2.98. The van der Waals surface area contributed by atoms with Crippen LogP contribution in [0, 0.1) is 0 Å². The lowest BCUT2D eigenvalue weighted by atomic mass is 9.98. The van der Waals surface area contributed by atoms with Crippen molar-refractivity contribution in [3.63, 3.8) is 0 Å². The van der Waals surface area contributed by atoms with Crippen LogP contribution in [-0.4, -0.2) is 0 Å². The molecule has 17 heavy (non-hydrogen) atoms. The Morgan fingerprint density at radius 1 is 1.18 bits per heavy atom. The van der Waals surface area contributed by atoms with E-state index >= 15 is 0 Å². The molecule has 2 rings (SSSR count). The lowest BCUT2D eigenvalue weighted by Gasteiger charge is -2.18. The van der Waals surface area contributed by atoms with Crippen LogP contribution in [0.4, 0.5) is 0 Å². The molecule has 0 bridgehead atoms. The topological polar surface area (TPSA) is 9.23 Å². The van der Waals surface area contributed by atoms with Gasteiger partial charge >= 0.3 is 0 Å². The highest BCUT2D eigenvalue weighted by Crippen LogP contribution is 2.24. The Kier molecular flexibility index (Phi) is 3.01. The molecule has 0 saturated heterocycles. The van der Waals surface area contributed by atoms with Crippen LogP contribution in [-0.2, 0) is 4.74 Å². The molecular weight excluding hydrogens is 208 g/mol. The second kappa shape index (κ2) is 4.46. The predicted molar refractivity (Wildman–Crippen MR) is 73.3 cm³/mol. The van der Waals surface area contributed by atoms with Crippen molar-refractivity contribution in [2.24, 2.45) is 0 Å². The summed E-state index contributed by atoms with van der Waals surface area (Å²) in [4.78, 5) is 0. The van der Waals surface area contributed by atoms with Crippen LogP contribution in [0.3, 0.4) is 0 Å². The Morgan fingerprint density at radius 3 is 2.53 bits per heavy atom. The maximum atomic E-state index is 5.79. The van der Waals surface area contributed by atoms with Crippen molar-refractivity contribution in [3.8, 4) is 0 Å². The molecule has 0 fully saturated rings. The minimum absolute atomic E-state index is 0.816. The van der Waals surface area contributed by atoms with Gasteiger partial charge in [0.2, 0.25) is 0 Å². The third kappa shape index (κ3) is 1.74. The van der Waals surface area contributed by atoms with E-state index < -0.39 is 0 Å². The van der Waals surface area contributed by atoms with Crippen LogP contribution in [0.15, 0.2) is 49.3 Å². The zero-order valence-corrected chi connectivity index (χ0v) is 10.3. The molecule has 1 aromatic carbocycles. The molecule has 0 atom stereocenters. The monoisotopic (exact) mass is 224 g/mol. The van der Waals surface area contributed by atoms with Gasteiger partial charge in [0.05, 0.1) is 0 Å². The van der Waals surface area contributed by atoms with Crippen molar-refractivity contribution >= 4 is 17.4 Å². The third-order valence-corrected chi connectivity index (χ3v) is 2.98. The van der Waals surface area contributed by atoms with E-state index in [1.54, 1.807) is 6.08 Å². The van der Waals surface area contributed by atoms with Crippen molar-refractivity contribution in [2.75, 3.05) is 0 Å². The van der Waals surface area contributed by atoms with E-state index in [9.17, 15) is 0 Å². The Labute approximate surface area is 102 Å². The summed E-state index contributed by atoms with van der Waals surface area (Å²) in [5, 5.41) is 2.26. The smallest absolute Gasteiger partial charge is 0.134 e. The summed E-state index contributed by atoms with van der Waals surface area (Å²) in [6, 6.07) is 6.22. The Hall–Kier alpha value is -2.02. The zero-order chi connectivity index (χ0) is 12.4. The first-order valence-electron chi connectivity index (χ1n) is 5.66. The van der Waals surface area contributed by atoms with Gasteiger partial charge in [-0.2, -0.15) is 0 Å². The standard InChI is InChI=1S/C16H16O/c1-5-12-9-8-10-14-13(6-2)11(4)17-15(7-3)16(12)14/h5-10H,2-3H2,1,4H3/b12-5-. The fourth-order valence-corrected chi connectivity index (χ4v) is 2.17. The average molecular weight is 224 g/mol. The quantitative estimate of drug-likeness (QED) is 0.750. The molecule has 0 saturated carbocycles. The van der Waals surface area contributed by atoms with Crippen LogP contribution >= 0.6 is 0 Å². The van der Waals surface area contributed by atoms with E-state index in [1.165, 1.54) is 0 Å². The Morgan fingerprint density at radius 2 is 1.94 bits per heavy atom. The first kappa shape index (κ1) is 11.5. The molecule has 0 aromatic heterocycles. The predicted octanol–water partition coefficient (Wildman–Crippen LogP) is 2.73. The van der Waals surface area contributed by atoms with Crippen LogP contribution < -0.4 is 10.4 Å². The highest BCUT2D eigenvalue weighted by atomic mass is 16.5. The van der Waals surface area contributed by atoms with Gasteiger partial charge in [-0.1, -0.05) is 43.5 Å². The minimum Gasteiger partial charge on any atom is -0.461 e. The average Bonchev–Trinajstić information content (AvgIpc) is 2.36. The van der Waals surface area contributed by atoms with Crippen molar-refractivity contribution in [1.82, 2.24) is 0 Å². The van der Waals surface area contributed by atoms with Crippen molar-refractivity contribution in [2.45, 2.75) is 13.8 Å². The fraction of sp³-hybridized carbons (Fsp3) is 0.125. The van der Waals surface area contributed by atoms with Crippen LogP contribution in [0.2, 0.25) is 0 Å². The summed E-state index contributed by atoms with van der Waals surface area (Å²) in [7, 11) is 0. The summed E-state index contributed by atoms with van der Waals surface area (Å²) in [5.41, 5.74) is 2.21. The summed E-state index contributed by atoms with van der Waals surface area (Å²) in [6.07, 6.45) is 5.68. The number of ether oxygens (including phenoxy) is 1. The molecule has 0 N–H and O–H groups in total. The van der Waals surface area contributed by atoms with E-state index in [-0.39, 0.29) is 0 Å². The minimum atomic E-state index is 0.816. The molecular formula is C16H16O.